The Balaban J connectivity index is 2.19. The second-order valence-corrected chi connectivity index (χ2v) is 7.19. The summed E-state index contributed by atoms with van der Waals surface area (Å²) in [7, 11) is 3.09. The molecule has 2 aliphatic heterocycles. The quantitative estimate of drug-likeness (QED) is 0.575. The normalized spacial score (nSPS) is 28.8. The molecule has 6 nitrogen and oxygen atoms in total. The molecule has 0 bridgehead atoms. The van der Waals surface area contributed by atoms with E-state index < -0.39 is 0 Å². The minimum atomic E-state index is -0.380. The number of hydrogen-bond acceptors (Lipinski definition) is 5. The van der Waals surface area contributed by atoms with Gasteiger partial charge in [0, 0.05) is 25.3 Å². The molecule has 0 saturated carbocycles. The third-order valence-corrected chi connectivity index (χ3v) is 5.42. The van der Waals surface area contributed by atoms with Crippen molar-refractivity contribution in [2.24, 2.45) is 5.41 Å². The lowest BCUT2D eigenvalue weighted by molar-refractivity contribution is -0.172. The maximum Gasteiger partial charge on any atom is 0.237 e. The molecule has 1 aromatic heterocycles. The Morgan fingerprint density at radius 2 is 2.21 bits per heavy atom. The summed E-state index contributed by atoms with van der Waals surface area (Å²) >= 11 is 3.32. The fourth-order valence-corrected chi connectivity index (χ4v) is 4.00. The Hall–Kier alpha value is -1.15. The number of allylic oxidation sites excluding steroid dienone is 1. The molecule has 0 saturated heterocycles. The smallest absolute Gasteiger partial charge is 0.237 e. The summed E-state index contributed by atoms with van der Waals surface area (Å²) in [5.74, 6) is 0.304. The van der Waals surface area contributed by atoms with Gasteiger partial charge in [-0.2, -0.15) is 0 Å². The number of hydrogen-bond donors (Lipinski definition) is 0. The zero-order chi connectivity index (χ0) is 17.3. The van der Waals surface area contributed by atoms with Gasteiger partial charge in [0.05, 0.1) is 30.0 Å². The van der Waals surface area contributed by atoms with E-state index in [1.54, 1.807) is 13.3 Å². The first-order valence-electron chi connectivity index (χ1n) is 7.87. The molecule has 0 aromatic carbocycles. The van der Waals surface area contributed by atoms with Gasteiger partial charge in [0.2, 0.25) is 5.43 Å². The molecule has 3 rings (SSSR count). The fraction of sp³-hybridized carbons (Fsp3) is 0.588. The standard InChI is InChI=1S/C17H22BrNO5/c1-17-6-4-5-7-23-12(17)9-19-8-11(18)14(20)15(22-3)13(19)16(17)24-10-21-2/h4-5,8,12,16H,6-7,9-10H2,1-3H3. The molecule has 1 aromatic rings. The molecule has 0 radical (unpaired) electrons. The molecule has 3 unspecified atom stereocenters. The van der Waals surface area contributed by atoms with Crippen LogP contribution in [0.3, 0.4) is 0 Å². The lowest BCUT2D eigenvalue weighted by Gasteiger charge is -2.47. The van der Waals surface area contributed by atoms with E-state index in [4.69, 9.17) is 18.9 Å². The van der Waals surface area contributed by atoms with Crippen molar-refractivity contribution in [3.8, 4) is 5.75 Å². The molecule has 0 N–H and O–H groups in total. The Bertz CT molecular complexity index is 701. The molecule has 3 atom stereocenters. The van der Waals surface area contributed by atoms with Crippen molar-refractivity contribution < 1.29 is 18.9 Å². The zero-order valence-corrected chi connectivity index (χ0v) is 15.7. The number of ether oxygens (including phenoxy) is 4. The number of methoxy groups -OCH3 is 2. The maximum absolute atomic E-state index is 12.5. The summed E-state index contributed by atoms with van der Waals surface area (Å²) in [6.45, 7) is 3.47. The molecule has 2 aliphatic rings. The number of rotatable bonds is 4. The van der Waals surface area contributed by atoms with Gasteiger partial charge in [0.15, 0.2) is 5.75 Å². The van der Waals surface area contributed by atoms with Crippen LogP contribution in [-0.4, -0.2) is 38.3 Å². The largest absolute Gasteiger partial charge is 0.491 e. The van der Waals surface area contributed by atoms with E-state index in [9.17, 15) is 4.79 Å². The number of pyridine rings is 1. The Kier molecular flexibility index (Phi) is 5.15. The highest BCUT2D eigenvalue weighted by Crippen LogP contribution is 2.50. The summed E-state index contributed by atoms with van der Waals surface area (Å²) in [6, 6.07) is 0. The molecule has 132 valence electrons. The summed E-state index contributed by atoms with van der Waals surface area (Å²) in [5, 5.41) is 0. The van der Waals surface area contributed by atoms with E-state index in [1.807, 2.05) is 10.6 Å². The first-order valence-corrected chi connectivity index (χ1v) is 8.66. The minimum Gasteiger partial charge on any atom is -0.491 e. The number of fused-ring (bicyclic) bond motifs is 2. The zero-order valence-electron chi connectivity index (χ0n) is 14.1. The van der Waals surface area contributed by atoms with Crippen LogP contribution in [-0.2, 0) is 20.8 Å². The van der Waals surface area contributed by atoms with E-state index in [-0.39, 0.29) is 29.8 Å². The Morgan fingerprint density at radius 1 is 1.42 bits per heavy atom. The van der Waals surface area contributed by atoms with Crippen LogP contribution in [0.2, 0.25) is 0 Å². The van der Waals surface area contributed by atoms with Crippen molar-refractivity contribution in [1.82, 2.24) is 4.57 Å². The van der Waals surface area contributed by atoms with Crippen LogP contribution >= 0.6 is 15.9 Å². The Morgan fingerprint density at radius 3 is 2.92 bits per heavy atom. The van der Waals surface area contributed by atoms with Gasteiger partial charge < -0.3 is 23.5 Å². The van der Waals surface area contributed by atoms with Crippen molar-refractivity contribution in [1.29, 1.82) is 0 Å². The van der Waals surface area contributed by atoms with Crippen LogP contribution in [0.5, 0.6) is 5.75 Å². The topological polar surface area (TPSA) is 58.9 Å². The number of nitrogens with zero attached hydrogens (tertiary/aromatic N) is 1. The fourth-order valence-electron chi connectivity index (χ4n) is 3.57. The molecule has 0 spiro atoms. The molecule has 0 aliphatic carbocycles. The predicted molar refractivity (Wildman–Crippen MR) is 92.3 cm³/mol. The molecular formula is C17H22BrNO5. The van der Waals surface area contributed by atoms with Crippen LogP contribution in [0.25, 0.3) is 0 Å². The van der Waals surface area contributed by atoms with Crippen LogP contribution in [0.4, 0.5) is 0 Å². The summed E-state index contributed by atoms with van der Waals surface area (Å²) in [4.78, 5) is 12.5. The highest BCUT2D eigenvalue weighted by molar-refractivity contribution is 9.10. The summed E-state index contributed by atoms with van der Waals surface area (Å²) < 4.78 is 25.1. The third kappa shape index (κ3) is 2.83. The van der Waals surface area contributed by atoms with Gasteiger partial charge in [-0.1, -0.05) is 19.1 Å². The van der Waals surface area contributed by atoms with Gasteiger partial charge in [-0.05, 0) is 22.4 Å². The lowest BCUT2D eigenvalue weighted by atomic mass is 9.72. The highest BCUT2D eigenvalue weighted by Gasteiger charge is 2.50. The second kappa shape index (κ2) is 7.00. The van der Waals surface area contributed by atoms with Gasteiger partial charge in [-0.25, -0.2) is 0 Å². The van der Waals surface area contributed by atoms with Crippen LogP contribution in [0.1, 0.15) is 25.1 Å². The van der Waals surface area contributed by atoms with E-state index in [1.165, 1.54) is 7.11 Å². The first kappa shape index (κ1) is 17.7. The van der Waals surface area contributed by atoms with Gasteiger partial charge in [-0.3, -0.25) is 4.79 Å². The molecule has 3 heterocycles. The number of halogens is 1. The average molecular weight is 400 g/mol. The van der Waals surface area contributed by atoms with Crippen LogP contribution in [0.15, 0.2) is 27.6 Å². The lowest BCUT2D eigenvalue weighted by Crippen LogP contribution is -2.48. The average Bonchev–Trinajstić information content (AvgIpc) is 2.75. The predicted octanol–water partition coefficient (Wildman–Crippen LogP) is 2.65. The molecular weight excluding hydrogens is 378 g/mol. The SMILES string of the molecule is COCOC1c2c(OC)c(=O)c(Br)cn2CC2OCC=CCC21C. The number of aromatic nitrogens is 1. The molecule has 7 heteroatoms. The van der Waals surface area contributed by atoms with E-state index in [0.29, 0.717) is 23.4 Å². The van der Waals surface area contributed by atoms with E-state index in [0.717, 1.165) is 12.1 Å². The Labute approximate surface area is 149 Å². The molecule has 0 fully saturated rings. The second-order valence-electron chi connectivity index (χ2n) is 6.33. The monoisotopic (exact) mass is 399 g/mol. The van der Waals surface area contributed by atoms with Crippen molar-refractivity contribution in [3.63, 3.8) is 0 Å². The maximum atomic E-state index is 12.5. The molecule has 24 heavy (non-hydrogen) atoms. The van der Waals surface area contributed by atoms with Gasteiger partial charge >= 0.3 is 0 Å². The van der Waals surface area contributed by atoms with Gasteiger partial charge in [0.1, 0.15) is 12.9 Å². The summed E-state index contributed by atoms with van der Waals surface area (Å²) in [6.07, 6.45) is 6.29. The van der Waals surface area contributed by atoms with Crippen molar-refractivity contribution in [3.05, 3.63) is 38.7 Å². The third-order valence-electron chi connectivity index (χ3n) is 4.85. The highest BCUT2D eigenvalue weighted by atomic mass is 79.9. The van der Waals surface area contributed by atoms with Crippen LogP contribution < -0.4 is 10.2 Å². The van der Waals surface area contributed by atoms with E-state index >= 15 is 0 Å². The van der Waals surface area contributed by atoms with Crippen molar-refractivity contribution in [2.75, 3.05) is 27.6 Å². The van der Waals surface area contributed by atoms with E-state index in [2.05, 4.69) is 28.9 Å². The van der Waals surface area contributed by atoms with Crippen molar-refractivity contribution >= 4 is 15.9 Å². The summed E-state index contributed by atoms with van der Waals surface area (Å²) in [5.41, 5.74) is 0.237. The minimum absolute atomic E-state index is 0.0408. The van der Waals surface area contributed by atoms with Gasteiger partial charge in [-0.15, -0.1) is 0 Å². The first-order chi connectivity index (χ1) is 11.5. The molecule has 0 amide bonds. The van der Waals surface area contributed by atoms with Gasteiger partial charge in [0.25, 0.3) is 0 Å². The van der Waals surface area contributed by atoms with Crippen LogP contribution in [0, 0.1) is 5.41 Å². The van der Waals surface area contributed by atoms with Crippen molar-refractivity contribution in [2.45, 2.75) is 32.1 Å².